The zero-order chi connectivity index (χ0) is 8.27. The van der Waals surface area contributed by atoms with E-state index >= 15 is 0 Å². The van der Waals surface area contributed by atoms with Crippen LogP contribution in [0.2, 0.25) is 0 Å². The average molecular weight is 155 g/mol. The number of rotatable bonds is 1. The Kier molecular flexibility index (Phi) is 2.65. The highest BCUT2D eigenvalue weighted by Gasteiger charge is 2.10. The van der Waals surface area contributed by atoms with Gasteiger partial charge in [-0.05, 0) is 32.0 Å². The first kappa shape index (κ1) is 8.27. The van der Waals surface area contributed by atoms with Crippen LogP contribution >= 0.6 is 0 Å². The van der Waals surface area contributed by atoms with Gasteiger partial charge in [-0.15, -0.1) is 0 Å². The summed E-state index contributed by atoms with van der Waals surface area (Å²) >= 11 is 0. The lowest BCUT2D eigenvalue weighted by atomic mass is 10.1. The Morgan fingerprint density at radius 3 is 3.00 bits per heavy atom. The summed E-state index contributed by atoms with van der Waals surface area (Å²) in [6, 6.07) is 0. The minimum atomic E-state index is -0.824. The third-order valence-corrected chi connectivity index (χ3v) is 1.84. The largest absolute Gasteiger partial charge is 0.478 e. The van der Waals surface area contributed by atoms with E-state index in [1.165, 1.54) is 6.08 Å². The zero-order valence-electron chi connectivity index (χ0n) is 6.71. The lowest BCUT2D eigenvalue weighted by Crippen LogP contribution is -2.27. The first-order valence-electron chi connectivity index (χ1n) is 3.79. The molecule has 0 amide bonds. The van der Waals surface area contributed by atoms with Crippen LogP contribution in [0.5, 0.6) is 0 Å². The van der Waals surface area contributed by atoms with Gasteiger partial charge in [0.1, 0.15) is 0 Å². The molecule has 0 atom stereocenters. The van der Waals surface area contributed by atoms with Gasteiger partial charge in [0, 0.05) is 12.6 Å². The number of likely N-dealkylation sites (tertiary alicyclic amines) is 1. The molecule has 3 heteroatoms. The summed E-state index contributed by atoms with van der Waals surface area (Å²) in [6.07, 6.45) is 3.35. The molecule has 0 saturated carbocycles. The van der Waals surface area contributed by atoms with Crippen molar-refractivity contribution in [3.05, 3.63) is 11.6 Å². The van der Waals surface area contributed by atoms with Crippen LogP contribution in [0.15, 0.2) is 11.6 Å². The minimum absolute atomic E-state index is 0.812. The summed E-state index contributed by atoms with van der Waals surface area (Å²) in [5.41, 5.74) is 1.03. The quantitative estimate of drug-likeness (QED) is 0.567. The van der Waals surface area contributed by atoms with Gasteiger partial charge in [-0.1, -0.05) is 0 Å². The van der Waals surface area contributed by atoms with Crippen LogP contribution in [0, 0.1) is 0 Å². The number of piperidine rings is 1. The van der Waals surface area contributed by atoms with Crippen LogP contribution in [0.3, 0.4) is 0 Å². The number of likely N-dealkylation sites (N-methyl/N-ethyl adjacent to an activating group) is 1. The molecule has 1 rings (SSSR count). The normalized spacial score (nSPS) is 23.9. The molecule has 11 heavy (non-hydrogen) atoms. The minimum Gasteiger partial charge on any atom is -0.478 e. The van der Waals surface area contributed by atoms with E-state index in [2.05, 4.69) is 4.90 Å². The van der Waals surface area contributed by atoms with Crippen LogP contribution in [0.4, 0.5) is 0 Å². The summed E-state index contributed by atoms with van der Waals surface area (Å²) in [6.45, 7) is 1.89. The van der Waals surface area contributed by atoms with Crippen molar-refractivity contribution < 1.29 is 9.90 Å². The standard InChI is InChI=1S/C8H13NO2/c1-9-4-2-3-7(6-9)5-8(10)11/h5H,2-4,6H2,1H3,(H,10,11). The fourth-order valence-electron chi connectivity index (χ4n) is 1.37. The first-order valence-corrected chi connectivity index (χ1v) is 3.79. The van der Waals surface area contributed by atoms with Gasteiger partial charge in [-0.25, -0.2) is 4.79 Å². The smallest absolute Gasteiger partial charge is 0.328 e. The second kappa shape index (κ2) is 3.53. The van der Waals surface area contributed by atoms with Gasteiger partial charge in [0.15, 0.2) is 0 Å². The van der Waals surface area contributed by atoms with E-state index in [0.29, 0.717) is 0 Å². The molecule has 0 aromatic heterocycles. The molecule has 0 aromatic rings. The first-order chi connectivity index (χ1) is 5.18. The van der Waals surface area contributed by atoms with E-state index < -0.39 is 5.97 Å². The number of carboxylic acid groups (broad SMARTS) is 1. The molecule has 0 bridgehead atoms. The fourth-order valence-corrected chi connectivity index (χ4v) is 1.37. The summed E-state index contributed by atoms with van der Waals surface area (Å²) in [5.74, 6) is -0.824. The van der Waals surface area contributed by atoms with Crippen LogP contribution in [-0.4, -0.2) is 36.1 Å². The predicted molar refractivity (Wildman–Crippen MR) is 42.4 cm³/mol. The highest BCUT2D eigenvalue weighted by molar-refractivity contribution is 5.80. The van der Waals surface area contributed by atoms with E-state index in [9.17, 15) is 4.79 Å². The van der Waals surface area contributed by atoms with Gasteiger partial charge in [0.05, 0.1) is 0 Å². The van der Waals surface area contributed by atoms with Gasteiger partial charge in [0.2, 0.25) is 0 Å². The van der Waals surface area contributed by atoms with E-state index in [0.717, 1.165) is 31.5 Å². The monoisotopic (exact) mass is 155 g/mol. The zero-order valence-corrected chi connectivity index (χ0v) is 6.71. The molecule has 1 fully saturated rings. The Morgan fingerprint density at radius 2 is 2.45 bits per heavy atom. The summed E-state index contributed by atoms with van der Waals surface area (Å²) in [4.78, 5) is 12.4. The van der Waals surface area contributed by atoms with Crippen molar-refractivity contribution in [2.45, 2.75) is 12.8 Å². The molecule has 3 nitrogen and oxygen atoms in total. The predicted octanol–water partition coefficient (Wildman–Crippen LogP) is 0.723. The third kappa shape index (κ3) is 2.72. The fraction of sp³-hybridized carbons (Fsp3) is 0.625. The van der Waals surface area contributed by atoms with Crippen LogP contribution < -0.4 is 0 Å². The lowest BCUT2D eigenvalue weighted by molar-refractivity contribution is -0.131. The number of carboxylic acids is 1. The number of carbonyl (C=O) groups is 1. The van der Waals surface area contributed by atoms with Gasteiger partial charge in [-0.2, -0.15) is 0 Å². The van der Waals surface area contributed by atoms with Crippen LogP contribution in [0.1, 0.15) is 12.8 Å². The molecule has 0 radical (unpaired) electrons. The van der Waals surface area contributed by atoms with Crippen molar-refractivity contribution in [3.8, 4) is 0 Å². The molecule has 0 aliphatic carbocycles. The topological polar surface area (TPSA) is 40.5 Å². The van der Waals surface area contributed by atoms with Crippen molar-refractivity contribution in [2.24, 2.45) is 0 Å². The summed E-state index contributed by atoms with van der Waals surface area (Å²) in [5, 5.41) is 8.46. The average Bonchev–Trinajstić information content (AvgIpc) is 1.85. The molecule has 1 aliphatic heterocycles. The number of aliphatic carboxylic acids is 1. The molecule has 0 aromatic carbocycles. The Morgan fingerprint density at radius 1 is 1.73 bits per heavy atom. The molecule has 0 unspecified atom stereocenters. The maximum Gasteiger partial charge on any atom is 0.328 e. The van der Waals surface area contributed by atoms with E-state index in [4.69, 9.17) is 5.11 Å². The summed E-state index contributed by atoms with van der Waals surface area (Å²) < 4.78 is 0. The van der Waals surface area contributed by atoms with Gasteiger partial charge < -0.3 is 10.0 Å². The molecule has 1 saturated heterocycles. The Bertz CT molecular complexity index is 187. The summed E-state index contributed by atoms with van der Waals surface area (Å²) in [7, 11) is 2.01. The maximum atomic E-state index is 10.3. The molecule has 62 valence electrons. The second-order valence-corrected chi connectivity index (χ2v) is 2.98. The van der Waals surface area contributed by atoms with Crippen molar-refractivity contribution in [3.63, 3.8) is 0 Å². The Balaban J connectivity index is 2.52. The van der Waals surface area contributed by atoms with Crippen LogP contribution in [-0.2, 0) is 4.79 Å². The number of hydrogen-bond acceptors (Lipinski definition) is 2. The second-order valence-electron chi connectivity index (χ2n) is 2.98. The van der Waals surface area contributed by atoms with E-state index in [1.807, 2.05) is 7.05 Å². The van der Waals surface area contributed by atoms with Crippen molar-refractivity contribution >= 4 is 5.97 Å². The maximum absolute atomic E-state index is 10.3. The number of nitrogens with zero attached hydrogens (tertiary/aromatic N) is 1. The molecular formula is C8H13NO2. The molecule has 1 heterocycles. The van der Waals surface area contributed by atoms with Gasteiger partial charge in [0.25, 0.3) is 0 Å². The van der Waals surface area contributed by atoms with Crippen LogP contribution in [0.25, 0.3) is 0 Å². The Labute approximate surface area is 66.3 Å². The molecule has 0 spiro atoms. The van der Waals surface area contributed by atoms with Gasteiger partial charge in [-0.3, -0.25) is 0 Å². The van der Waals surface area contributed by atoms with Gasteiger partial charge >= 0.3 is 5.97 Å². The van der Waals surface area contributed by atoms with E-state index in [1.54, 1.807) is 0 Å². The van der Waals surface area contributed by atoms with E-state index in [-0.39, 0.29) is 0 Å². The SMILES string of the molecule is CN1CCCC(=CC(=O)O)C1. The lowest BCUT2D eigenvalue weighted by Gasteiger charge is -2.23. The highest BCUT2D eigenvalue weighted by atomic mass is 16.4. The number of hydrogen-bond donors (Lipinski definition) is 1. The third-order valence-electron chi connectivity index (χ3n) is 1.84. The molecule has 1 N–H and O–H groups in total. The van der Waals surface area contributed by atoms with Crippen molar-refractivity contribution in [1.29, 1.82) is 0 Å². The highest BCUT2D eigenvalue weighted by Crippen LogP contribution is 2.12. The molecular weight excluding hydrogens is 142 g/mol. The van der Waals surface area contributed by atoms with Crippen molar-refractivity contribution in [1.82, 2.24) is 4.90 Å². The van der Waals surface area contributed by atoms with Crippen molar-refractivity contribution in [2.75, 3.05) is 20.1 Å². The Hall–Kier alpha value is -0.830. The molecule has 1 aliphatic rings.